The molecule has 0 N–H and O–H groups in total. The third kappa shape index (κ3) is 2.47. The van der Waals surface area contributed by atoms with Gasteiger partial charge >= 0.3 is 0 Å². The van der Waals surface area contributed by atoms with Crippen LogP contribution in [0.4, 0.5) is 0 Å². The summed E-state index contributed by atoms with van der Waals surface area (Å²) in [6.07, 6.45) is 1.12. The summed E-state index contributed by atoms with van der Waals surface area (Å²) in [6.45, 7) is 10.9. The number of allylic oxidation sites excluding steroid dienone is 2. The molecule has 0 aliphatic heterocycles. The predicted molar refractivity (Wildman–Crippen MR) is 64.5 cm³/mol. The van der Waals surface area contributed by atoms with Gasteiger partial charge in [0.15, 0.2) is 0 Å². The highest BCUT2D eigenvalue weighted by molar-refractivity contribution is 5.68. The van der Waals surface area contributed by atoms with Crippen LogP contribution < -0.4 is 0 Å². The zero-order valence-electron chi connectivity index (χ0n) is 9.94. The normalized spacial score (nSPS) is 10.1. The van der Waals surface area contributed by atoms with Gasteiger partial charge in [0.25, 0.3) is 0 Å². The maximum absolute atomic E-state index is 2.28. The molecule has 0 heteroatoms. The molecular formula is C14H20. The van der Waals surface area contributed by atoms with Gasteiger partial charge in [-0.05, 0) is 45.3 Å². The van der Waals surface area contributed by atoms with Gasteiger partial charge in [0, 0.05) is 0 Å². The SMILES string of the molecule is CCC(=C(C)C)c1cc(C)cc(C)c1. The second kappa shape index (κ2) is 4.45. The van der Waals surface area contributed by atoms with Crippen molar-refractivity contribution >= 4 is 5.57 Å². The van der Waals surface area contributed by atoms with Crippen LogP contribution in [0.25, 0.3) is 5.57 Å². The third-order valence-corrected chi connectivity index (χ3v) is 2.53. The van der Waals surface area contributed by atoms with E-state index in [0.29, 0.717) is 0 Å². The average molecular weight is 188 g/mol. The fourth-order valence-corrected chi connectivity index (χ4v) is 2.00. The Bertz CT molecular complexity index is 332. The topological polar surface area (TPSA) is 0 Å². The van der Waals surface area contributed by atoms with Crippen molar-refractivity contribution in [3.8, 4) is 0 Å². The Morgan fingerprint density at radius 1 is 1.00 bits per heavy atom. The van der Waals surface area contributed by atoms with Crippen LogP contribution in [0.1, 0.15) is 43.9 Å². The van der Waals surface area contributed by atoms with Gasteiger partial charge in [-0.15, -0.1) is 0 Å². The van der Waals surface area contributed by atoms with Crippen molar-refractivity contribution < 1.29 is 0 Å². The fourth-order valence-electron chi connectivity index (χ4n) is 2.00. The van der Waals surface area contributed by atoms with Gasteiger partial charge in [-0.25, -0.2) is 0 Å². The summed E-state index contributed by atoms with van der Waals surface area (Å²) in [6, 6.07) is 6.78. The summed E-state index contributed by atoms with van der Waals surface area (Å²) in [4.78, 5) is 0. The van der Waals surface area contributed by atoms with E-state index >= 15 is 0 Å². The summed E-state index contributed by atoms with van der Waals surface area (Å²) < 4.78 is 0. The lowest BCUT2D eigenvalue weighted by molar-refractivity contribution is 1.19. The molecule has 14 heavy (non-hydrogen) atoms. The van der Waals surface area contributed by atoms with Crippen molar-refractivity contribution in [2.24, 2.45) is 0 Å². The molecular weight excluding hydrogens is 168 g/mol. The van der Waals surface area contributed by atoms with E-state index in [4.69, 9.17) is 0 Å². The van der Waals surface area contributed by atoms with E-state index in [9.17, 15) is 0 Å². The highest BCUT2D eigenvalue weighted by Gasteiger charge is 2.02. The molecule has 1 aromatic rings. The zero-order chi connectivity index (χ0) is 10.7. The molecule has 0 spiro atoms. The van der Waals surface area contributed by atoms with Crippen LogP contribution >= 0.6 is 0 Å². The van der Waals surface area contributed by atoms with Crippen molar-refractivity contribution in [3.63, 3.8) is 0 Å². The molecule has 1 aromatic carbocycles. The van der Waals surface area contributed by atoms with Crippen LogP contribution in [0.2, 0.25) is 0 Å². The van der Waals surface area contributed by atoms with Gasteiger partial charge in [-0.3, -0.25) is 0 Å². The van der Waals surface area contributed by atoms with Gasteiger partial charge in [-0.1, -0.05) is 41.8 Å². The maximum atomic E-state index is 2.28. The van der Waals surface area contributed by atoms with E-state index in [0.717, 1.165) is 6.42 Å². The molecule has 0 aromatic heterocycles. The minimum Gasteiger partial charge on any atom is -0.0726 e. The molecule has 1 rings (SSSR count). The minimum absolute atomic E-state index is 1.12. The lowest BCUT2D eigenvalue weighted by atomic mass is 9.96. The Morgan fingerprint density at radius 3 is 1.86 bits per heavy atom. The van der Waals surface area contributed by atoms with Gasteiger partial charge in [0.05, 0.1) is 0 Å². The molecule has 0 aliphatic carbocycles. The molecule has 0 fully saturated rings. The Balaban J connectivity index is 3.25. The van der Waals surface area contributed by atoms with E-state index < -0.39 is 0 Å². The van der Waals surface area contributed by atoms with Crippen LogP contribution in [-0.2, 0) is 0 Å². The molecule has 0 unspecified atom stereocenters. The molecule has 0 aliphatic rings. The van der Waals surface area contributed by atoms with E-state index in [1.807, 2.05) is 0 Å². The molecule has 0 amide bonds. The Hall–Kier alpha value is -1.04. The van der Waals surface area contributed by atoms with Crippen LogP contribution in [0.15, 0.2) is 23.8 Å². The van der Waals surface area contributed by atoms with Crippen molar-refractivity contribution in [1.29, 1.82) is 0 Å². The minimum atomic E-state index is 1.12. The number of hydrogen-bond acceptors (Lipinski definition) is 0. The quantitative estimate of drug-likeness (QED) is 0.640. The van der Waals surface area contributed by atoms with E-state index in [2.05, 4.69) is 52.8 Å². The summed E-state index contributed by atoms with van der Waals surface area (Å²) >= 11 is 0. The lowest BCUT2D eigenvalue weighted by Crippen LogP contribution is -1.88. The molecule has 0 saturated carbocycles. The van der Waals surface area contributed by atoms with Gasteiger partial charge in [-0.2, -0.15) is 0 Å². The van der Waals surface area contributed by atoms with Crippen molar-refractivity contribution in [1.82, 2.24) is 0 Å². The summed E-state index contributed by atoms with van der Waals surface area (Å²) in [5.41, 5.74) is 7.01. The largest absolute Gasteiger partial charge is 0.0726 e. The molecule has 0 bridgehead atoms. The smallest absolute Gasteiger partial charge is 0.0220 e. The number of hydrogen-bond donors (Lipinski definition) is 0. The maximum Gasteiger partial charge on any atom is -0.0220 e. The van der Waals surface area contributed by atoms with Crippen molar-refractivity contribution in [2.45, 2.75) is 41.0 Å². The molecule has 0 nitrogen and oxygen atoms in total. The van der Waals surface area contributed by atoms with E-state index in [1.54, 1.807) is 0 Å². The monoisotopic (exact) mass is 188 g/mol. The number of rotatable bonds is 2. The highest BCUT2D eigenvalue weighted by atomic mass is 14.1. The lowest BCUT2D eigenvalue weighted by Gasteiger charge is -2.10. The summed E-state index contributed by atoms with van der Waals surface area (Å²) in [5, 5.41) is 0. The molecule has 0 heterocycles. The Kier molecular flexibility index (Phi) is 3.51. The first-order valence-corrected chi connectivity index (χ1v) is 5.29. The summed E-state index contributed by atoms with van der Waals surface area (Å²) in [7, 11) is 0. The molecule has 0 atom stereocenters. The van der Waals surface area contributed by atoms with Crippen molar-refractivity contribution in [3.05, 3.63) is 40.5 Å². The fraction of sp³-hybridized carbons (Fsp3) is 0.429. The Labute approximate surface area is 87.7 Å². The standard InChI is InChI=1S/C14H20/c1-6-14(10(2)3)13-8-11(4)7-12(5)9-13/h7-9H,6H2,1-5H3. The van der Waals surface area contributed by atoms with Crippen LogP contribution in [0, 0.1) is 13.8 Å². The van der Waals surface area contributed by atoms with Crippen molar-refractivity contribution in [2.75, 3.05) is 0 Å². The van der Waals surface area contributed by atoms with E-state index in [-0.39, 0.29) is 0 Å². The first-order valence-electron chi connectivity index (χ1n) is 5.29. The van der Waals surface area contributed by atoms with Gasteiger partial charge < -0.3 is 0 Å². The molecule has 0 saturated heterocycles. The van der Waals surface area contributed by atoms with Gasteiger partial charge in [0.1, 0.15) is 0 Å². The van der Waals surface area contributed by atoms with Crippen LogP contribution in [0.3, 0.4) is 0 Å². The predicted octanol–water partition coefficient (Wildman–Crippen LogP) is 4.51. The first-order chi connectivity index (χ1) is 6.54. The van der Waals surface area contributed by atoms with Crippen LogP contribution in [0.5, 0.6) is 0 Å². The highest BCUT2D eigenvalue weighted by Crippen LogP contribution is 2.23. The third-order valence-electron chi connectivity index (χ3n) is 2.53. The van der Waals surface area contributed by atoms with E-state index in [1.165, 1.54) is 27.8 Å². The summed E-state index contributed by atoms with van der Waals surface area (Å²) in [5.74, 6) is 0. The number of aryl methyl sites for hydroxylation is 2. The second-order valence-corrected chi connectivity index (χ2v) is 4.21. The Morgan fingerprint density at radius 2 is 1.50 bits per heavy atom. The van der Waals surface area contributed by atoms with Crippen LogP contribution in [-0.4, -0.2) is 0 Å². The second-order valence-electron chi connectivity index (χ2n) is 4.21. The first kappa shape index (κ1) is 11.0. The zero-order valence-corrected chi connectivity index (χ0v) is 9.94. The number of benzene rings is 1. The van der Waals surface area contributed by atoms with Gasteiger partial charge in [0.2, 0.25) is 0 Å². The molecule has 0 radical (unpaired) electrons. The average Bonchev–Trinajstić information content (AvgIpc) is 2.02. The molecule has 76 valence electrons.